The highest BCUT2D eigenvalue weighted by Gasteiger charge is 2.77. The number of carboxylic acid groups (broad SMARTS) is 1. The number of methoxy groups -OCH3 is 2. The van der Waals surface area contributed by atoms with Crippen molar-refractivity contribution in [2.45, 2.75) is 240 Å². The molecule has 3 amide bonds. The van der Waals surface area contributed by atoms with E-state index in [0.29, 0.717) is 0 Å². The molecule has 0 aromatic heterocycles. The van der Waals surface area contributed by atoms with Crippen LogP contribution in [0.5, 0.6) is 0 Å². The lowest BCUT2D eigenvalue weighted by Crippen LogP contribution is -2.87. The number of aliphatic hydroxyl groups excluding tert-OH is 4. The maximum atomic E-state index is 13.2. The lowest BCUT2D eigenvalue weighted by molar-refractivity contribution is -0.441. The van der Waals surface area contributed by atoms with Crippen molar-refractivity contribution in [1.82, 2.24) is 16.0 Å². The molecule has 0 saturated carbocycles. The Hall–Kier alpha value is -2.76. The van der Waals surface area contributed by atoms with Gasteiger partial charge in [-0.05, 0) is 111 Å². The molecule has 24 nitrogen and oxygen atoms in total. The number of hydrogen-bond donors (Lipinski definition) is 11. The molecule has 24 heteroatoms. The van der Waals surface area contributed by atoms with Crippen LogP contribution in [0.15, 0.2) is 0 Å². The molecule has 0 aromatic carbocycles. The summed E-state index contributed by atoms with van der Waals surface area (Å²) in [6.45, 7) is 23.1. The maximum absolute atomic E-state index is 13.2. The molecule has 0 aliphatic carbocycles. The number of ether oxygens (including phenoxy) is 8. The van der Waals surface area contributed by atoms with E-state index in [1.54, 1.807) is 0 Å². The summed E-state index contributed by atoms with van der Waals surface area (Å²) in [5.41, 5.74) is -26.9. The number of hydrogen-bond acceptors (Lipinski definition) is 21. The second kappa shape index (κ2) is 19.1. The minimum atomic E-state index is -2.34. The Morgan fingerprint density at radius 2 is 0.859 bits per heavy atom. The summed E-state index contributed by atoms with van der Waals surface area (Å²) in [5.74, 6) is -3.46. The van der Waals surface area contributed by atoms with E-state index in [1.807, 2.05) is 0 Å². The quantitative estimate of drug-likeness (QED) is 0.0923. The fourth-order valence-electron chi connectivity index (χ4n) is 10.8. The van der Waals surface area contributed by atoms with Crippen LogP contribution in [0, 0.1) is 0 Å². The Balaban J connectivity index is 0.000000375. The molecule has 0 spiro atoms. The summed E-state index contributed by atoms with van der Waals surface area (Å²) < 4.78 is 48.0. The van der Waals surface area contributed by atoms with Crippen LogP contribution < -0.4 is 21.1 Å². The van der Waals surface area contributed by atoms with Crippen LogP contribution >= 0.6 is 0 Å². The second-order valence-corrected chi connectivity index (χ2v) is 22.2. The Labute approximate surface area is 416 Å². The third kappa shape index (κ3) is 8.52. The maximum Gasteiger partial charge on any atom is 0.254 e. The first-order valence-corrected chi connectivity index (χ1v) is 23.3. The largest absolute Gasteiger partial charge is 0.547 e. The van der Waals surface area contributed by atoms with Crippen LogP contribution in [0.4, 0.5) is 0 Å². The van der Waals surface area contributed by atoms with Crippen LogP contribution in [0.3, 0.4) is 0 Å². The molecule has 4 rings (SSSR count). The minimum Gasteiger partial charge on any atom is -0.547 e. The number of rotatable bonds is 12. The van der Waals surface area contributed by atoms with Crippen molar-refractivity contribution >= 4 is 23.7 Å². The Bertz CT molecular complexity index is 2030. The first-order chi connectivity index (χ1) is 31.7. The van der Waals surface area contributed by atoms with E-state index in [1.165, 1.54) is 139 Å². The molecule has 4 aliphatic rings. The molecule has 20 atom stereocenters. The van der Waals surface area contributed by atoms with E-state index < -0.39 is 152 Å². The Kier molecular flexibility index (Phi) is 16.8. The van der Waals surface area contributed by atoms with Gasteiger partial charge in [0.1, 0.15) is 84.9 Å². The summed E-state index contributed by atoms with van der Waals surface area (Å²) in [6.07, 6.45) is -8.33. The van der Waals surface area contributed by atoms with Gasteiger partial charge in [0.15, 0.2) is 18.2 Å². The van der Waals surface area contributed by atoms with Gasteiger partial charge in [-0.15, -0.1) is 0 Å². The van der Waals surface area contributed by atoms with Crippen molar-refractivity contribution < 1.29 is 103 Å². The van der Waals surface area contributed by atoms with Gasteiger partial charge in [0.25, 0.3) is 5.91 Å². The van der Waals surface area contributed by atoms with Crippen LogP contribution in [0.25, 0.3) is 0 Å². The predicted molar refractivity (Wildman–Crippen MR) is 246 cm³/mol. The van der Waals surface area contributed by atoms with Crippen molar-refractivity contribution in [3.8, 4) is 0 Å². The third-order valence-corrected chi connectivity index (χ3v) is 18.1. The van der Waals surface area contributed by atoms with Gasteiger partial charge in [0.2, 0.25) is 11.8 Å². The molecule has 4 fully saturated rings. The molecule has 0 aromatic rings. The fourth-order valence-corrected chi connectivity index (χ4v) is 10.8. The normalized spacial score (nSPS) is 52.1. The van der Waals surface area contributed by atoms with Crippen LogP contribution in [0.1, 0.15) is 125 Å². The molecule has 0 bridgehead atoms. The van der Waals surface area contributed by atoms with Gasteiger partial charge < -0.3 is 105 Å². The second-order valence-electron chi connectivity index (χ2n) is 22.2. The van der Waals surface area contributed by atoms with Gasteiger partial charge >= 0.3 is 0 Å². The summed E-state index contributed by atoms with van der Waals surface area (Å²) in [6, 6.07) is 0. The number of nitrogens with one attached hydrogen (secondary N) is 3. The van der Waals surface area contributed by atoms with Gasteiger partial charge in [-0.1, -0.05) is 0 Å². The molecule has 414 valence electrons. The van der Waals surface area contributed by atoms with Crippen molar-refractivity contribution in [2.24, 2.45) is 0 Å². The van der Waals surface area contributed by atoms with Crippen LogP contribution in [0.2, 0.25) is 0 Å². The first-order valence-electron chi connectivity index (χ1n) is 23.3. The molecule has 11 N–H and O–H groups in total. The number of likely N-dealkylation sites (N-methyl/N-ethyl adjacent to an activating group) is 1. The molecule has 0 radical (unpaired) electrons. The van der Waals surface area contributed by atoms with E-state index in [0.717, 1.165) is 6.92 Å². The molecule has 4 heterocycles. The topological polar surface area (TPSA) is 363 Å². The number of amides is 3. The number of aliphatic carboxylic acids is 1. The van der Waals surface area contributed by atoms with Crippen molar-refractivity contribution in [3.05, 3.63) is 0 Å². The van der Waals surface area contributed by atoms with Crippen molar-refractivity contribution in [2.75, 3.05) is 34.5 Å². The van der Waals surface area contributed by atoms with Gasteiger partial charge in [-0.25, -0.2) is 0 Å². The zero-order chi connectivity index (χ0) is 56.0. The van der Waals surface area contributed by atoms with Crippen molar-refractivity contribution in [3.63, 3.8) is 0 Å². The first kappa shape index (κ1) is 62.5. The molecule has 4 aliphatic heterocycles. The van der Waals surface area contributed by atoms with Gasteiger partial charge in [-0.2, -0.15) is 0 Å². The Morgan fingerprint density at radius 3 is 1.11 bits per heavy atom. The van der Waals surface area contributed by atoms with Crippen LogP contribution in [-0.2, 0) is 57.1 Å². The molecule has 20 unspecified atom stereocenters. The standard InChI is InChI=1S/C24H44N2O10.C23H41NO11/c1-13-20(5,31)23(8,32)24(9,22(7,34-13)16(30)25-10)36-17-19(4,26-14(2)28)21(6,33-11)15(29)18(3,12-27)35-17;1-12-19(5,30)22(8,31)23(9,21(7,33-12)15(28)29)35-16-18(4,24-13(2)26)20(6,32-10)14(27)17(3,11-25)34-16/h13,15,17,27,29,31-32H,12H2,1-11H3,(H,25,30)(H,26,28);12,14,16,25,27,30-31H,11H2,1-10H3,(H,24,26)(H,28,29)/p-1. The highest BCUT2D eigenvalue weighted by molar-refractivity contribution is 5.87. The zero-order valence-corrected chi connectivity index (χ0v) is 45.3. The molecule has 4 saturated heterocycles. The summed E-state index contributed by atoms with van der Waals surface area (Å²) in [4.78, 5) is 50.2. The lowest BCUT2D eigenvalue weighted by Gasteiger charge is -2.66. The molecule has 71 heavy (non-hydrogen) atoms. The van der Waals surface area contributed by atoms with E-state index in [2.05, 4.69) is 16.0 Å². The zero-order valence-electron chi connectivity index (χ0n) is 45.3. The average Bonchev–Trinajstić information content (AvgIpc) is 3.26. The molecular weight excluding hydrogens is 943 g/mol. The Morgan fingerprint density at radius 1 is 0.563 bits per heavy atom. The van der Waals surface area contributed by atoms with Crippen LogP contribution in [-0.4, -0.2) is 214 Å². The van der Waals surface area contributed by atoms with Gasteiger partial charge in [0, 0.05) is 35.1 Å². The summed E-state index contributed by atoms with van der Waals surface area (Å²) in [5, 5.41) is 109. The van der Waals surface area contributed by atoms with E-state index in [9.17, 15) is 65.1 Å². The van der Waals surface area contributed by atoms with E-state index in [4.69, 9.17) is 37.9 Å². The van der Waals surface area contributed by atoms with E-state index >= 15 is 0 Å². The summed E-state index contributed by atoms with van der Waals surface area (Å²) in [7, 11) is 4.00. The number of carbonyl (C=O) groups is 4. The monoisotopic (exact) mass is 1030 g/mol. The minimum absolute atomic E-state index is 0.510. The molecular formula is C47H84N3O21-. The van der Waals surface area contributed by atoms with Gasteiger partial charge in [0.05, 0.1) is 31.4 Å². The number of carbonyl (C=O) groups excluding carboxylic acids is 4. The highest BCUT2D eigenvalue weighted by Crippen LogP contribution is 2.57. The van der Waals surface area contributed by atoms with Gasteiger partial charge in [-0.3, -0.25) is 14.4 Å². The van der Waals surface area contributed by atoms with Crippen molar-refractivity contribution in [1.29, 1.82) is 0 Å². The predicted octanol–water partition coefficient (Wildman–Crippen LogP) is -3.09. The third-order valence-electron chi connectivity index (χ3n) is 18.1. The summed E-state index contributed by atoms with van der Waals surface area (Å²) >= 11 is 0. The lowest BCUT2D eigenvalue weighted by atomic mass is 9.61. The average molecular weight is 1030 g/mol. The fraction of sp³-hybridized carbons (Fsp3) is 0.915. The SMILES string of the molecule is CNC(=O)C1(C)OC(C)C(C)(O)C(C)(O)C1(C)OC1OC(C)(CO)C(O)C(C)(OC)C1(C)NC(C)=O.COC1(C)C(O)C(C)(CO)OC(OC2(C)C(C)(C(=O)[O-])OC(C)C(C)(O)C2(C)O)C1(C)NC(C)=O. The number of carboxylic acids is 1. The number of aliphatic hydroxyl groups is 8. The van der Waals surface area contributed by atoms with E-state index in [-0.39, 0.29) is 0 Å². The smallest absolute Gasteiger partial charge is 0.254 e. The highest BCUT2D eigenvalue weighted by atomic mass is 16.7.